The van der Waals surface area contributed by atoms with Crippen LogP contribution < -0.4 is 4.74 Å². The van der Waals surface area contributed by atoms with Crippen LogP contribution in [0.5, 0.6) is 5.88 Å². The largest absolute Gasteiger partial charge is 0.471 e. The number of aryl methyl sites for hydroxylation is 1. The molecule has 26 heavy (non-hydrogen) atoms. The third-order valence-corrected chi connectivity index (χ3v) is 3.92. The first-order valence-electron chi connectivity index (χ1n) is 7.72. The number of halogens is 4. The summed E-state index contributed by atoms with van der Waals surface area (Å²) in [4.78, 5) is 0. The number of benzene rings is 2. The Balaban J connectivity index is 1.92. The molecule has 1 heterocycles. The summed E-state index contributed by atoms with van der Waals surface area (Å²) in [6.07, 6.45) is -4.42. The summed E-state index contributed by atoms with van der Waals surface area (Å²) in [5, 5.41) is 8.55. The van der Waals surface area contributed by atoms with E-state index in [-0.39, 0.29) is 12.5 Å². The van der Waals surface area contributed by atoms with Crippen LogP contribution in [-0.2, 0) is 12.8 Å². The minimum absolute atomic E-state index is 0.171. The Morgan fingerprint density at radius 3 is 2.42 bits per heavy atom. The molecule has 0 N–H and O–H groups in total. The first-order chi connectivity index (χ1) is 12.3. The minimum atomic E-state index is -4.42. The van der Waals surface area contributed by atoms with Gasteiger partial charge >= 0.3 is 6.18 Å². The Morgan fingerprint density at radius 1 is 1.00 bits per heavy atom. The quantitative estimate of drug-likeness (QED) is 0.583. The lowest BCUT2D eigenvalue weighted by molar-refractivity contribution is -0.137. The van der Waals surface area contributed by atoms with Crippen molar-refractivity contribution in [2.75, 3.05) is 0 Å². The molecule has 0 atom stereocenters. The van der Waals surface area contributed by atoms with E-state index in [2.05, 4.69) is 10.2 Å². The van der Waals surface area contributed by atoms with Crippen LogP contribution in [0.1, 0.15) is 16.8 Å². The van der Waals surface area contributed by atoms with E-state index < -0.39 is 11.7 Å². The molecule has 0 spiro atoms. The van der Waals surface area contributed by atoms with Crippen LogP contribution in [-0.4, -0.2) is 10.2 Å². The predicted molar refractivity (Wildman–Crippen MR) is 93.0 cm³/mol. The Hall–Kier alpha value is -2.60. The van der Waals surface area contributed by atoms with Crippen LogP contribution in [0, 0.1) is 6.92 Å². The van der Waals surface area contributed by atoms with Gasteiger partial charge < -0.3 is 4.74 Å². The highest BCUT2D eigenvalue weighted by atomic mass is 35.5. The number of rotatable bonds is 4. The van der Waals surface area contributed by atoms with Crippen LogP contribution in [0.2, 0.25) is 5.02 Å². The van der Waals surface area contributed by atoms with Gasteiger partial charge in [0.1, 0.15) is 6.61 Å². The van der Waals surface area contributed by atoms with Crippen LogP contribution >= 0.6 is 11.6 Å². The highest BCUT2D eigenvalue weighted by molar-refractivity contribution is 6.30. The molecular weight excluding hydrogens is 365 g/mol. The van der Waals surface area contributed by atoms with E-state index in [0.29, 0.717) is 21.8 Å². The highest BCUT2D eigenvalue weighted by Gasteiger charge is 2.30. The lowest BCUT2D eigenvalue weighted by Crippen LogP contribution is -2.05. The summed E-state index contributed by atoms with van der Waals surface area (Å²) >= 11 is 5.85. The van der Waals surface area contributed by atoms with Crippen molar-refractivity contribution < 1.29 is 17.9 Å². The molecule has 0 amide bonds. The number of alkyl halides is 3. The van der Waals surface area contributed by atoms with Gasteiger partial charge in [-0.15, -0.1) is 5.10 Å². The third-order valence-electron chi connectivity index (χ3n) is 3.67. The zero-order chi connectivity index (χ0) is 18.7. The average Bonchev–Trinajstić information content (AvgIpc) is 2.61. The fourth-order valence-corrected chi connectivity index (χ4v) is 2.51. The van der Waals surface area contributed by atoms with Gasteiger partial charge in [0.2, 0.25) is 5.88 Å². The van der Waals surface area contributed by atoms with Gasteiger partial charge in [-0.05, 0) is 48.4 Å². The van der Waals surface area contributed by atoms with Crippen molar-refractivity contribution in [1.82, 2.24) is 10.2 Å². The Morgan fingerprint density at radius 2 is 1.73 bits per heavy atom. The Bertz CT molecular complexity index is 911. The molecule has 3 rings (SSSR count). The van der Waals surface area contributed by atoms with E-state index >= 15 is 0 Å². The zero-order valence-electron chi connectivity index (χ0n) is 13.7. The molecule has 3 aromatic rings. The van der Waals surface area contributed by atoms with Crippen LogP contribution in [0.3, 0.4) is 0 Å². The van der Waals surface area contributed by atoms with Gasteiger partial charge in [0.05, 0.1) is 11.3 Å². The molecule has 0 aliphatic heterocycles. The van der Waals surface area contributed by atoms with Crippen molar-refractivity contribution in [2.24, 2.45) is 0 Å². The van der Waals surface area contributed by atoms with Gasteiger partial charge in [-0.1, -0.05) is 35.9 Å². The third kappa shape index (κ3) is 4.32. The Labute approximate surface area is 153 Å². The zero-order valence-corrected chi connectivity index (χ0v) is 14.5. The Kier molecular flexibility index (Phi) is 5.13. The van der Waals surface area contributed by atoms with E-state index in [4.69, 9.17) is 16.3 Å². The maximum Gasteiger partial charge on any atom is 0.416 e. The summed E-state index contributed by atoms with van der Waals surface area (Å²) in [5.41, 5.74) is 1.53. The fraction of sp³-hybridized carbons (Fsp3) is 0.158. The molecular formula is C19H14ClF3N2O. The number of nitrogens with zero attached hydrogens (tertiary/aromatic N) is 2. The van der Waals surface area contributed by atoms with Crippen LogP contribution in [0.15, 0.2) is 54.6 Å². The van der Waals surface area contributed by atoms with Gasteiger partial charge in [-0.2, -0.15) is 18.3 Å². The predicted octanol–water partition coefficient (Wildman–Crippen LogP) is 5.70. The van der Waals surface area contributed by atoms with Gasteiger partial charge in [0, 0.05) is 10.6 Å². The van der Waals surface area contributed by atoms with Gasteiger partial charge in [0.15, 0.2) is 0 Å². The molecule has 3 nitrogen and oxygen atoms in total. The smallest absolute Gasteiger partial charge is 0.416 e. The second kappa shape index (κ2) is 7.33. The fourth-order valence-electron chi connectivity index (χ4n) is 2.39. The molecule has 0 saturated heterocycles. The van der Waals surface area contributed by atoms with Crippen LogP contribution in [0.4, 0.5) is 13.2 Å². The summed E-state index contributed by atoms with van der Waals surface area (Å²) in [5.74, 6) is 0.171. The lowest BCUT2D eigenvalue weighted by atomic mass is 10.0. The SMILES string of the molecule is Cc1cc(-c2cccc(C(F)(F)F)c2)c(OCc2ccc(Cl)cc2)nn1. The van der Waals surface area contributed by atoms with Gasteiger partial charge in [0.25, 0.3) is 0 Å². The highest BCUT2D eigenvalue weighted by Crippen LogP contribution is 2.34. The van der Waals surface area contributed by atoms with Crippen molar-refractivity contribution in [2.45, 2.75) is 19.7 Å². The second-order valence-electron chi connectivity index (χ2n) is 5.70. The van der Waals surface area contributed by atoms with Crippen molar-refractivity contribution in [3.63, 3.8) is 0 Å². The van der Waals surface area contributed by atoms with Crippen molar-refractivity contribution >= 4 is 11.6 Å². The lowest BCUT2D eigenvalue weighted by Gasteiger charge is -2.13. The van der Waals surface area contributed by atoms with Crippen molar-refractivity contribution in [1.29, 1.82) is 0 Å². The molecule has 0 aliphatic carbocycles. The summed E-state index contributed by atoms with van der Waals surface area (Å²) in [6.45, 7) is 1.91. The van der Waals surface area contributed by atoms with E-state index in [1.165, 1.54) is 6.07 Å². The molecule has 0 saturated carbocycles. The monoisotopic (exact) mass is 378 g/mol. The normalized spacial score (nSPS) is 11.4. The van der Waals surface area contributed by atoms with E-state index in [0.717, 1.165) is 17.7 Å². The molecule has 2 aromatic carbocycles. The second-order valence-corrected chi connectivity index (χ2v) is 6.13. The van der Waals surface area contributed by atoms with E-state index in [9.17, 15) is 13.2 Å². The maximum absolute atomic E-state index is 13.0. The van der Waals surface area contributed by atoms with Gasteiger partial charge in [-0.3, -0.25) is 0 Å². The summed E-state index contributed by atoms with van der Waals surface area (Å²) < 4.78 is 44.7. The molecule has 0 aliphatic rings. The summed E-state index contributed by atoms with van der Waals surface area (Å²) in [7, 11) is 0. The molecule has 1 aromatic heterocycles. The van der Waals surface area contributed by atoms with E-state index in [1.54, 1.807) is 43.3 Å². The standard InChI is InChI=1S/C19H14ClF3N2O/c1-12-9-17(14-3-2-4-15(10-14)19(21,22)23)18(25-24-12)26-11-13-5-7-16(20)8-6-13/h2-10H,11H2,1H3. The maximum atomic E-state index is 13.0. The van der Waals surface area contributed by atoms with Crippen LogP contribution in [0.25, 0.3) is 11.1 Å². The van der Waals surface area contributed by atoms with Crippen molar-refractivity contribution in [3.8, 4) is 17.0 Å². The topological polar surface area (TPSA) is 35.0 Å². The molecule has 134 valence electrons. The molecule has 0 bridgehead atoms. The van der Waals surface area contributed by atoms with Crippen molar-refractivity contribution in [3.05, 3.63) is 76.4 Å². The summed E-state index contributed by atoms with van der Waals surface area (Å²) in [6, 6.07) is 13.8. The van der Waals surface area contributed by atoms with Gasteiger partial charge in [-0.25, -0.2) is 0 Å². The molecule has 7 heteroatoms. The first kappa shape index (κ1) is 18.2. The molecule has 0 unspecified atom stereocenters. The van der Waals surface area contributed by atoms with E-state index in [1.807, 2.05) is 0 Å². The number of aromatic nitrogens is 2. The average molecular weight is 379 g/mol. The minimum Gasteiger partial charge on any atom is -0.471 e. The number of hydrogen-bond acceptors (Lipinski definition) is 3. The molecule has 0 fully saturated rings. The molecule has 0 radical (unpaired) electrons. The number of hydrogen-bond donors (Lipinski definition) is 0. The first-order valence-corrected chi connectivity index (χ1v) is 8.10. The number of ether oxygens (including phenoxy) is 1.